The Hall–Kier alpha value is -2.46. The van der Waals surface area contributed by atoms with E-state index < -0.39 is 0 Å². The number of fused-ring (bicyclic) bond motifs is 2. The molecule has 4 rings (SSSR count). The summed E-state index contributed by atoms with van der Waals surface area (Å²) >= 11 is 1.60. The van der Waals surface area contributed by atoms with Crippen molar-refractivity contribution in [2.75, 3.05) is 11.4 Å². The van der Waals surface area contributed by atoms with Crippen LogP contribution in [0.25, 0.3) is 10.1 Å². The Kier molecular flexibility index (Phi) is 4.37. The molecular weight excluding hydrogens is 342 g/mol. The van der Waals surface area contributed by atoms with Gasteiger partial charge in [0.05, 0.1) is 4.88 Å². The quantitative estimate of drug-likeness (QED) is 0.593. The molecule has 2 heterocycles. The molecule has 0 spiro atoms. The molecule has 0 unspecified atom stereocenters. The molecule has 4 heteroatoms. The zero-order valence-electron chi connectivity index (χ0n) is 15.0. The Bertz CT molecular complexity index is 1020. The summed E-state index contributed by atoms with van der Waals surface area (Å²) < 4.78 is 1.17. The summed E-state index contributed by atoms with van der Waals surface area (Å²) in [7, 11) is 0. The van der Waals surface area contributed by atoms with E-state index >= 15 is 0 Å². The molecule has 2 aromatic carbocycles. The molecule has 0 atom stereocenters. The number of benzene rings is 2. The summed E-state index contributed by atoms with van der Waals surface area (Å²) in [6.07, 6.45) is 2.73. The van der Waals surface area contributed by atoms with Crippen LogP contribution in [0.2, 0.25) is 0 Å². The van der Waals surface area contributed by atoms with Gasteiger partial charge >= 0.3 is 0 Å². The Morgan fingerprint density at radius 1 is 1.15 bits per heavy atom. The highest BCUT2D eigenvalue weighted by Gasteiger charge is 2.29. The Morgan fingerprint density at radius 3 is 2.73 bits per heavy atom. The standard InChI is InChI=1S/C22H21NO2S/c1-3-6-18-17-7-4-5-8-20(17)26-21(18)22(25)23-12-11-16-13-15(14(2)24)9-10-19(16)23/h4-5,7-10,13H,3,6,11-12H2,1-2H3. The van der Waals surface area contributed by atoms with Crippen molar-refractivity contribution in [3.63, 3.8) is 0 Å². The number of ketones is 1. The van der Waals surface area contributed by atoms with E-state index in [0.717, 1.165) is 35.4 Å². The highest BCUT2D eigenvalue weighted by Crippen LogP contribution is 2.36. The maximum atomic E-state index is 13.4. The molecule has 1 aliphatic heterocycles. The predicted molar refractivity (Wildman–Crippen MR) is 108 cm³/mol. The zero-order chi connectivity index (χ0) is 18.3. The third-order valence-corrected chi connectivity index (χ3v) is 6.22. The number of amides is 1. The average Bonchev–Trinajstić information content (AvgIpc) is 3.23. The van der Waals surface area contributed by atoms with Crippen molar-refractivity contribution in [2.45, 2.75) is 33.1 Å². The summed E-state index contributed by atoms with van der Waals surface area (Å²) in [6.45, 7) is 4.40. The molecule has 3 aromatic rings. The number of anilines is 1. The SMILES string of the molecule is CCCc1c(C(=O)N2CCc3cc(C(C)=O)ccc32)sc2ccccc12. The number of hydrogen-bond acceptors (Lipinski definition) is 3. The van der Waals surface area contributed by atoms with Crippen LogP contribution >= 0.6 is 11.3 Å². The Labute approximate surface area is 157 Å². The van der Waals surface area contributed by atoms with Crippen LogP contribution in [-0.4, -0.2) is 18.2 Å². The van der Waals surface area contributed by atoms with Crippen molar-refractivity contribution in [1.82, 2.24) is 0 Å². The van der Waals surface area contributed by atoms with Crippen molar-refractivity contribution in [3.8, 4) is 0 Å². The zero-order valence-corrected chi connectivity index (χ0v) is 15.9. The van der Waals surface area contributed by atoms with E-state index in [1.807, 2.05) is 35.2 Å². The second kappa shape index (κ2) is 6.69. The number of nitrogens with zero attached hydrogens (tertiary/aromatic N) is 1. The van der Waals surface area contributed by atoms with E-state index in [2.05, 4.69) is 19.1 Å². The maximum absolute atomic E-state index is 13.4. The molecule has 1 amide bonds. The van der Waals surface area contributed by atoms with E-state index in [9.17, 15) is 9.59 Å². The predicted octanol–water partition coefficient (Wildman–Crippen LogP) is 5.26. The molecule has 0 aliphatic carbocycles. The van der Waals surface area contributed by atoms with E-state index in [1.54, 1.807) is 18.3 Å². The van der Waals surface area contributed by atoms with Crippen molar-refractivity contribution < 1.29 is 9.59 Å². The first-order chi connectivity index (χ1) is 12.6. The first-order valence-electron chi connectivity index (χ1n) is 9.06. The first-order valence-corrected chi connectivity index (χ1v) is 9.88. The lowest BCUT2D eigenvalue weighted by molar-refractivity contribution is 0.0990. The second-order valence-corrected chi connectivity index (χ2v) is 7.81. The lowest BCUT2D eigenvalue weighted by atomic mass is 10.0. The molecule has 0 saturated carbocycles. The van der Waals surface area contributed by atoms with Gasteiger partial charge in [0.2, 0.25) is 0 Å². The number of thiophene rings is 1. The van der Waals surface area contributed by atoms with Gasteiger partial charge in [-0.15, -0.1) is 11.3 Å². The highest BCUT2D eigenvalue weighted by atomic mass is 32.1. The number of carbonyl (C=O) groups excluding carboxylic acids is 2. The van der Waals surface area contributed by atoms with Crippen molar-refractivity contribution in [3.05, 3.63) is 64.0 Å². The van der Waals surface area contributed by atoms with E-state index in [-0.39, 0.29) is 11.7 Å². The number of carbonyl (C=O) groups is 2. The maximum Gasteiger partial charge on any atom is 0.268 e. The van der Waals surface area contributed by atoms with Crippen LogP contribution in [0.1, 0.15) is 51.4 Å². The summed E-state index contributed by atoms with van der Waals surface area (Å²) in [5.41, 5.74) is 3.92. The van der Waals surface area contributed by atoms with Gasteiger partial charge in [-0.2, -0.15) is 0 Å². The summed E-state index contributed by atoms with van der Waals surface area (Å²) in [5, 5.41) is 1.20. The minimum atomic E-state index is 0.0623. The molecule has 1 aromatic heterocycles. The number of Topliss-reactive ketones (excluding diaryl/α,β-unsaturated/α-hetero) is 1. The average molecular weight is 363 g/mol. The van der Waals surface area contributed by atoms with Crippen molar-refractivity contribution in [1.29, 1.82) is 0 Å². The van der Waals surface area contributed by atoms with Gasteiger partial charge in [-0.3, -0.25) is 9.59 Å². The van der Waals surface area contributed by atoms with Crippen molar-refractivity contribution in [2.24, 2.45) is 0 Å². The molecule has 3 nitrogen and oxygen atoms in total. The fraction of sp³-hybridized carbons (Fsp3) is 0.273. The summed E-state index contributed by atoms with van der Waals surface area (Å²) in [4.78, 5) is 27.7. The molecular formula is C22H21NO2S. The normalized spacial score (nSPS) is 13.2. The topological polar surface area (TPSA) is 37.4 Å². The van der Waals surface area contributed by atoms with Crippen LogP contribution in [0.5, 0.6) is 0 Å². The van der Waals surface area contributed by atoms with E-state index in [1.165, 1.54) is 15.6 Å². The number of rotatable bonds is 4. The van der Waals surface area contributed by atoms with Crippen LogP contribution in [0.15, 0.2) is 42.5 Å². The lowest BCUT2D eigenvalue weighted by Crippen LogP contribution is -2.28. The van der Waals surface area contributed by atoms with Gasteiger partial charge in [0.15, 0.2) is 5.78 Å². The molecule has 132 valence electrons. The molecule has 0 fully saturated rings. The third-order valence-electron chi connectivity index (χ3n) is 5.02. The third kappa shape index (κ3) is 2.74. The largest absolute Gasteiger partial charge is 0.307 e. The fourth-order valence-corrected chi connectivity index (χ4v) is 4.92. The summed E-state index contributed by atoms with van der Waals surface area (Å²) in [5.74, 6) is 0.149. The van der Waals surface area contributed by atoms with Crippen LogP contribution in [0, 0.1) is 0 Å². The first kappa shape index (κ1) is 17.0. The van der Waals surface area contributed by atoms with Gasteiger partial charge in [-0.05, 0) is 60.5 Å². The van der Waals surface area contributed by atoms with E-state index in [4.69, 9.17) is 0 Å². The molecule has 0 bridgehead atoms. The monoisotopic (exact) mass is 363 g/mol. The van der Waals surface area contributed by atoms with Crippen LogP contribution < -0.4 is 4.90 Å². The van der Waals surface area contributed by atoms with E-state index in [0.29, 0.717) is 12.1 Å². The van der Waals surface area contributed by atoms with Crippen LogP contribution in [-0.2, 0) is 12.8 Å². The lowest BCUT2D eigenvalue weighted by Gasteiger charge is -2.17. The highest BCUT2D eigenvalue weighted by molar-refractivity contribution is 7.21. The van der Waals surface area contributed by atoms with Gasteiger partial charge in [-0.1, -0.05) is 31.5 Å². The second-order valence-electron chi connectivity index (χ2n) is 6.76. The minimum Gasteiger partial charge on any atom is -0.307 e. The number of hydrogen-bond donors (Lipinski definition) is 0. The van der Waals surface area contributed by atoms with Gasteiger partial charge in [0.25, 0.3) is 5.91 Å². The Morgan fingerprint density at radius 2 is 1.96 bits per heavy atom. The smallest absolute Gasteiger partial charge is 0.268 e. The van der Waals surface area contributed by atoms with Crippen LogP contribution in [0.3, 0.4) is 0 Å². The van der Waals surface area contributed by atoms with Gasteiger partial charge < -0.3 is 4.90 Å². The molecule has 0 N–H and O–H groups in total. The fourth-order valence-electron chi connectivity index (χ4n) is 3.72. The minimum absolute atomic E-state index is 0.0623. The van der Waals surface area contributed by atoms with Crippen molar-refractivity contribution >= 4 is 38.8 Å². The van der Waals surface area contributed by atoms with Crippen LogP contribution in [0.4, 0.5) is 5.69 Å². The molecule has 0 radical (unpaired) electrons. The molecule has 0 saturated heterocycles. The molecule has 1 aliphatic rings. The van der Waals surface area contributed by atoms with Gasteiger partial charge in [0, 0.05) is 22.5 Å². The number of aryl methyl sites for hydroxylation is 1. The molecule has 26 heavy (non-hydrogen) atoms. The van der Waals surface area contributed by atoms with Gasteiger partial charge in [0.1, 0.15) is 0 Å². The summed E-state index contributed by atoms with van der Waals surface area (Å²) in [6, 6.07) is 13.9. The van der Waals surface area contributed by atoms with Gasteiger partial charge in [-0.25, -0.2) is 0 Å². The Balaban J connectivity index is 1.75.